The zero-order chi connectivity index (χ0) is 17.3. The lowest BCUT2D eigenvalue weighted by atomic mass is 10.2. The van der Waals surface area contributed by atoms with Gasteiger partial charge in [0, 0.05) is 0 Å². The first-order valence-electron chi connectivity index (χ1n) is 7.13. The van der Waals surface area contributed by atoms with Gasteiger partial charge in [-0.25, -0.2) is 9.67 Å². The van der Waals surface area contributed by atoms with Crippen LogP contribution in [0.4, 0.5) is 5.13 Å². The predicted octanol–water partition coefficient (Wildman–Crippen LogP) is 4.57. The molecule has 0 saturated heterocycles. The largest absolute Gasteiger partial charge is 0.298 e. The van der Waals surface area contributed by atoms with Crippen LogP contribution in [-0.4, -0.2) is 26.9 Å². The van der Waals surface area contributed by atoms with E-state index in [1.807, 2.05) is 38.3 Å². The molecule has 1 N–H and O–H groups in total. The fourth-order valence-corrected chi connectivity index (χ4v) is 4.11. The molecule has 0 aliphatic rings. The predicted molar refractivity (Wildman–Crippen MR) is 99.9 cm³/mol. The number of nitrogens with one attached hydrogen (secondary N) is 1. The van der Waals surface area contributed by atoms with Crippen molar-refractivity contribution in [2.24, 2.45) is 0 Å². The number of para-hydroxylation sites is 1. The molecule has 2 aromatic heterocycles. The lowest BCUT2D eigenvalue weighted by Crippen LogP contribution is -2.13. The molecule has 2 heterocycles. The van der Waals surface area contributed by atoms with E-state index in [1.165, 1.54) is 11.3 Å². The molecule has 0 aliphatic heterocycles. The Kier molecular flexibility index (Phi) is 4.93. The summed E-state index contributed by atoms with van der Waals surface area (Å²) in [4.78, 5) is 16.9. The van der Waals surface area contributed by atoms with Gasteiger partial charge in [0.2, 0.25) is 0 Å². The normalized spacial score (nSPS) is 10.8. The number of amides is 1. The molecule has 0 radical (unpaired) electrons. The Morgan fingerprint density at radius 1 is 1.33 bits per heavy atom. The van der Waals surface area contributed by atoms with Crippen LogP contribution in [-0.2, 0) is 0 Å². The van der Waals surface area contributed by atoms with E-state index in [0.29, 0.717) is 15.7 Å². The van der Waals surface area contributed by atoms with Crippen LogP contribution in [0.5, 0.6) is 0 Å². The van der Waals surface area contributed by atoms with Crippen molar-refractivity contribution in [3.8, 4) is 5.69 Å². The fourth-order valence-electron chi connectivity index (χ4n) is 2.29. The smallest absolute Gasteiger partial charge is 0.260 e. The molecule has 0 unspecified atom stereocenters. The van der Waals surface area contributed by atoms with Crippen LogP contribution < -0.4 is 5.32 Å². The Balaban J connectivity index is 1.87. The van der Waals surface area contributed by atoms with E-state index in [1.54, 1.807) is 28.7 Å². The highest BCUT2D eigenvalue weighted by Gasteiger charge is 2.18. The molecule has 1 aromatic carbocycles. The first kappa shape index (κ1) is 17.0. The Hall–Kier alpha value is -1.83. The number of hydrogen-bond acceptors (Lipinski definition) is 5. The summed E-state index contributed by atoms with van der Waals surface area (Å²) in [6, 6.07) is 7.38. The minimum Gasteiger partial charge on any atom is -0.298 e. The molecule has 8 heteroatoms. The average molecular weight is 379 g/mol. The molecule has 0 aliphatic carbocycles. The third kappa shape index (κ3) is 3.19. The van der Waals surface area contributed by atoms with Gasteiger partial charge in [-0.3, -0.25) is 10.1 Å². The van der Waals surface area contributed by atoms with Crippen LogP contribution >= 0.6 is 34.7 Å². The maximum Gasteiger partial charge on any atom is 0.260 e. The van der Waals surface area contributed by atoms with Gasteiger partial charge in [-0.1, -0.05) is 35.1 Å². The molecule has 0 saturated carbocycles. The SMILES string of the molecule is CSc1sc(NC(=O)c2cnn(-c3ccccc3Cl)c2C)nc1C. The van der Waals surface area contributed by atoms with Crippen molar-refractivity contribution in [2.45, 2.75) is 18.1 Å². The second kappa shape index (κ2) is 6.96. The first-order chi connectivity index (χ1) is 11.5. The standard InChI is InChI=1S/C16H15ClN4OS2/c1-9-15(23-3)24-16(19-9)20-14(22)11-8-18-21(10(11)2)13-7-5-4-6-12(13)17/h4-8H,1-3H3,(H,19,20,22). The number of aryl methyl sites for hydroxylation is 1. The molecule has 3 rings (SSSR count). The van der Waals surface area contributed by atoms with E-state index in [-0.39, 0.29) is 5.91 Å². The fraction of sp³-hybridized carbons (Fsp3) is 0.188. The van der Waals surface area contributed by atoms with Crippen molar-refractivity contribution in [1.82, 2.24) is 14.8 Å². The summed E-state index contributed by atoms with van der Waals surface area (Å²) < 4.78 is 2.76. The van der Waals surface area contributed by atoms with Crippen molar-refractivity contribution >= 4 is 45.7 Å². The van der Waals surface area contributed by atoms with Crippen LogP contribution in [0.15, 0.2) is 34.7 Å². The zero-order valence-corrected chi connectivity index (χ0v) is 15.7. The summed E-state index contributed by atoms with van der Waals surface area (Å²) in [7, 11) is 0. The van der Waals surface area contributed by atoms with Crippen molar-refractivity contribution < 1.29 is 4.79 Å². The number of hydrogen-bond donors (Lipinski definition) is 1. The number of halogens is 1. The Morgan fingerprint density at radius 2 is 2.08 bits per heavy atom. The van der Waals surface area contributed by atoms with Crippen LogP contribution in [0.1, 0.15) is 21.7 Å². The van der Waals surface area contributed by atoms with Crippen molar-refractivity contribution in [2.75, 3.05) is 11.6 Å². The van der Waals surface area contributed by atoms with E-state index in [2.05, 4.69) is 15.4 Å². The summed E-state index contributed by atoms with van der Waals surface area (Å²) in [5.41, 5.74) is 2.88. The number of carbonyl (C=O) groups is 1. The molecule has 124 valence electrons. The molecule has 0 fully saturated rings. The summed E-state index contributed by atoms with van der Waals surface area (Å²) in [5, 5.41) is 8.31. The van der Waals surface area contributed by atoms with Crippen LogP contribution in [0.2, 0.25) is 5.02 Å². The van der Waals surface area contributed by atoms with Crippen LogP contribution in [0.3, 0.4) is 0 Å². The monoisotopic (exact) mass is 378 g/mol. The Bertz CT molecular complexity index is 903. The zero-order valence-electron chi connectivity index (χ0n) is 13.3. The summed E-state index contributed by atoms with van der Waals surface area (Å²) >= 11 is 9.30. The number of anilines is 1. The second-order valence-corrected chi connectivity index (χ2v) is 7.54. The highest BCUT2D eigenvalue weighted by molar-refractivity contribution is 8.00. The van der Waals surface area contributed by atoms with E-state index in [0.717, 1.165) is 21.3 Å². The van der Waals surface area contributed by atoms with Gasteiger partial charge in [-0.2, -0.15) is 5.10 Å². The van der Waals surface area contributed by atoms with Crippen LogP contribution in [0, 0.1) is 13.8 Å². The molecule has 0 atom stereocenters. The summed E-state index contributed by atoms with van der Waals surface area (Å²) in [6.07, 6.45) is 3.54. The number of nitrogens with zero attached hydrogens (tertiary/aromatic N) is 3. The molecule has 1 amide bonds. The lowest BCUT2D eigenvalue weighted by molar-refractivity contribution is 0.102. The molecular formula is C16H15ClN4OS2. The van der Waals surface area contributed by atoms with E-state index in [4.69, 9.17) is 11.6 Å². The number of thiazole rings is 1. The van der Waals surface area contributed by atoms with Gasteiger partial charge in [0.15, 0.2) is 5.13 Å². The number of rotatable bonds is 4. The van der Waals surface area contributed by atoms with Gasteiger partial charge in [0.1, 0.15) is 0 Å². The number of carbonyl (C=O) groups excluding carboxylic acids is 1. The van der Waals surface area contributed by atoms with Gasteiger partial charge >= 0.3 is 0 Å². The second-order valence-electron chi connectivity index (χ2n) is 5.06. The van der Waals surface area contributed by atoms with Crippen molar-refractivity contribution in [3.05, 3.63) is 52.4 Å². The maximum atomic E-state index is 12.5. The molecule has 0 spiro atoms. The van der Waals surface area contributed by atoms with E-state index in [9.17, 15) is 4.79 Å². The maximum absolute atomic E-state index is 12.5. The number of thioether (sulfide) groups is 1. The molecule has 0 bridgehead atoms. The van der Waals surface area contributed by atoms with Gasteiger partial charge in [-0.15, -0.1) is 11.8 Å². The lowest BCUT2D eigenvalue weighted by Gasteiger charge is -2.07. The minimum absolute atomic E-state index is 0.229. The number of benzene rings is 1. The number of aromatic nitrogens is 3. The molecular weight excluding hydrogens is 364 g/mol. The summed E-state index contributed by atoms with van der Waals surface area (Å²) in [5.74, 6) is -0.229. The van der Waals surface area contributed by atoms with Crippen LogP contribution in [0.25, 0.3) is 5.69 Å². The highest BCUT2D eigenvalue weighted by atomic mass is 35.5. The molecule has 24 heavy (non-hydrogen) atoms. The Labute approximate surface area is 153 Å². The topological polar surface area (TPSA) is 59.8 Å². The third-order valence-electron chi connectivity index (χ3n) is 3.49. The van der Waals surface area contributed by atoms with Crippen molar-refractivity contribution in [3.63, 3.8) is 0 Å². The Morgan fingerprint density at radius 3 is 2.75 bits per heavy atom. The third-order valence-corrected chi connectivity index (χ3v) is 6.10. The quantitative estimate of drug-likeness (QED) is 0.675. The van der Waals surface area contributed by atoms with E-state index < -0.39 is 0 Å². The summed E-state index contributed by atoms with van der Waals surface area (Å²) in [6.45, 7) is 3.77. The molecule has 3 aromatic rings. The molecule has 5 nitrogen and oxygen atoms in total. The average Bonchev–Trinajstić information content (AvgIpc) is 3.10. The van der Waals surface area contributed by atoms with Gasteiger partial charge in [0.25, 0.3) is 5.91 Å². The van der Waals surface area contributed by atoms with Crippen molar-refractivity contribution in [1.29, 1.82) is 0 Å². The van der Waals surface area contributed by atoms with Gasteiger partial charge in [0.05, 0.1) is 38.1 Å². The minimum atomic E-state index is -0.229. The van der Waals surface area contributed by atoms with Gasteiger partial charge in [-0.05, 0) is 32.2 Å². The highest BCUT2D eigenvalue weighted by Crippen LogP contribution is 2.30. The van der Waals surface area contributed by atoms with Gasteiger partial charge < -0.3 is 0 Å². The first-order valence-corrected chi connectivity index (χ1v) is 9.55. The van der Waals surface area contributed by atoms with E-state index >= 15 is 0 Å².